The molecule has 5 heteroatoms. The number of rotatable bonds is 4. The minimum atomic E-state index is -0.152. The molecule has 0 saturated carbocycles. The van der Waals surface area contributed by atoms with Gasteiger partial charge in [-0.15, -0.1) is 0 Å². The molecule has 0 aliphatic heterocycles. The van der Waals surface area contributed by atoms with Gasteiger partial charge in [-0.25, -0.2) is 0 Å². The molecular formula is C24H19N3O2. The second-order valence-electron chi connectivity index (χ2n) is 6.98. The van der Waals surface area contributed by atoms with E-state index in [0.717, 1.165) is 33.1 Å². The van der Waals surface area contributed by atoms with Crippen molar-refractivity contribution in [1.29, 1.82) is 0 Å². The van der Waals surface area contributed by atoms with Gasteiger partial charge in [0.15, 0.2) is 0 Å². The molecule has 3 N–H and O–H groups in total. The van der Waals surface area contributed by atoms with Crippen molar-refractivity contribution >= 4 is 33.4 Å². The number of aromatic amines is 1. The third-order valence-electron chi connectivity index (χ3n) is 5.03. The van der Waals surface area contributed by atoms with Gasteiger partial charge in [0, 0.05) is 28.6 Å². The minimum Gasteiger partial charge on any atom is -0.489 e. The fourth-order valence-corrected chi connectivity index (χ4v) is 3.56. The zero-order valence-corrected chi connectivity index (χ0v) is 15.6. The van der Waals surface area contributed by atoms with Gasteiger partial charge in [-0.05, 0) is 29.8 Å². The lowest BCUT2D eigenvalue weighted by Gasteiger charge is -2.06. The highest BCUT2D eigenvalue weighted by atomic mass is 16.5. The Kier molecular flexibility index (Phi) is 4.06. The van der Waals surface area contributed by atoms with E-state index in [-0.39, 0.29) is 5.91 Å². The number of nitrogen functional groups attached to an aromatic ring is 1. The number of nitrogens with zero attached hydrogens (tertiary/aromatic N) is 1. The molecule has 0 radical (unpaired) electrons. The van der Waals surface area contributed by atoms with Gasteiger partial charge in [0.25, 0.3) is 5.91 Å². The highest BCUT2D eigenvalue weighted by Gasteiger charge is 2.16. The number of nitrogens with one attached hydrogen (secondary N) is 1. The van der Waals surface area contributed by atoms with Gasteiger partial charge < -0.3 is 15.5 Å². The summed E-state index contributed by atoms with van der Waals surface area (Å²) in [6.45, 7) is 0.494. The van der Waals surface area contributed by atoms with Crippen molar-refractivity contribution in [2.45, 2.75) is 6.61 Å². The van der Waals surface area contributed by atoms with Crippen LogP contribution in [0.15, 0.2) is 85.1 Å². The molecule has 29 heavy (non-hydrogen) atoms. The summed E-state index contributed by atoms with van der Waals surface area (Å²) in [5.41, 5.74) is 9.90. The van der Waals surface area contributed by atoms with Crippen LogP contribution in [0, 0.1) is 0 Å². The molecule has 3 aromatic carbocycles. The van der Waals surface area contributed by atoms with Crippen molar-refractivity contribution in [2.75, 3.05) is 5.73 Å². The predicted octanol–water partition coefficient (Wildman–Crippen LogP) is 4.97. The number of carbonyl (C=O) groups is 1. The number of para-hydroxylation sites is 1. The first-order valence-corrected chi connectivity index (χ1v) is 9.39. The number of aromatic nitrogens is 2. The molecule has 0 fully saturated rings. The van der Waals surface area contributed by atoms with Crippen LogP contribution in [0.1, 0.15) is 16.1 Å². The van der Waals surface area contributed by atoms with E-state index in [1.165, 1.54) is 0 Å². The Morgan fingerprint density at radius 3 is 2.62 bits per heavy atom. The van der Waals surface area contributed by atoms with E-state index in [4.69, 9.17) is 10.5 Å². The third-order valence-corrected chi connectivity index (χ3v) is 5.03. The lowest BCUT2D eigenvalue weighted by molar-refractivity contribution is 0.0961. The Hall–Kier alpha value is -3.99. The Bertz CT molecular complexity index is 1330. The molecule has 2 aromatic heterocycles. The number of benzene rings is 3. The topological polar surface area (TPSA) is 73.0 Å². The lowest BCUT2D eigenvalue weighted by atomic mass is 10.2. The maximum absolute atomic E-state index is 13.1. The van der Waals surface area contributed by atoms with Crippen molar-refractivity contribution in [2.24, 2.45) is 0 Å². The number of nitrogens with two attached hydrogens (primary N) is 1. The fraction of sp³-hybridized carbons (Fsp3) is 0.0417. The second kappa shape index (κ2) is 6.87. The Labute approximate surface area is 167 Å². The summed E-state index contributed by atoms with van der Waals surface area (Å²) in [4.78, 5) is 16.3. The number of H-pyrrole nitrogens is 1. The second-order valence-corrected chi connectivity index (χ2v) is 6.98. The van der Waals surface area contributed by atoms with Crippen LogP contribution in [0.25, 0.3) is 21.8 Å². The van der Waals surface area contributed by atoms with E-state index in [1.807, 2.05) is 78.9 Å². The van der Waals surface area contributed by atoms with Gasteiger partial charge in [0.05, 0.1) is 11.2 Å². The highest BCUT2D eigenvalue weighted by molar-refractivity contribution is 6.06. The SMILES string of the molecule is Nc1cn(C(=O)c2cc3ccc(OCc4ccccc4)cc3[nH]2)c2ccccc12. The molecule has 0 saturated heterocycles. The number of ether oxygens (including phenoxy) is 1. The Balaban J connectivity index is 1.44. The lowest BCUT2D eigenvalue weighted by Crippen LogP contribution is -2.10. The minimum absolute atomic E-state index is 0.152. The van der Waals surface area contributed by atoms with Gasteiger partial charge in [-0.1, -0.05) is 48.5 Å². The number of hydrogen-bond donors (Lipinski definition) is 2. The molecule has 0 spiro atoms. The molecule has 5 rings (SSSR count). The number of carbonyl (C=O) groups excluding carboxylic acids is 1. The molecule has 0 aliphatic rings. The molecular weight excluding hydrogens is 362 g/mol. The molecule has 0 unspecified atom stereocenters. The molecule has 0 atom stereocenters. The van der Waals surface area contributed by atoms with E-state index >= 15 is 0 Å². The Morgan fingerprint density at radius 2 is 1.76 bits per heavy atom. The molecule has 2 heterocycles. The normalized spacial score (nSPS) is 11.2. The summed E-state index contributed by atoms with van der Waals surface area (Å²) in [6, 6.07) is 25.2. The number of hydrogen-bond acceptors (Lipinski definition) is 3. The van der Waals surface area contributed by atoms with Crippen molar-refractivity contribution in [3.05, 3.63) is 96.3 Å². The van der Waals surface area contributed by atoms with E-state index in [0.29, 0.717) is 18.0 Å². The first kappa shape index (κ1) is 17.1. The monoisotopic (exact) mass is 381 g/mol. The zero-order valence-electron chi connectivity index (χ0n) is 15.6. The first-order chi connectivity index (χ1) is 14.2. The van der Waals surface area contributed by atoms with Crippen LogP contribution in [-0.4, -0.2) is 15.5 Å². The van der Waals surface area contributed by atoms with E-state index in [9.17, 15) is 4.79 Å². The van der Waals surface area contributed by atoms with Crippen LogP contribution in [-0.2, 0) is 6.61 Å². The fourth-order valence-electron chi connectivity index (χ4n) is 3.56. The summed E-state index contributed by atoms with van der Waals surface area (Å²) >= 11 is 0. The van der Waals surface area contributed by atoms with Crippen molar-refractivity contribution < 1.29 is 9.53 Å². The average Bonchev–Trinajstić information content (AvgIpc) is 3.34. The van der Waals surface area contributed by atoms with Gasteiger partial charge in [0.1, 0.15) is 18.1 Å². The quantitative estimate of drug-likeness (QED) is 0.461. The molecule has 5 aromatic rings. The van der Waals surface area contributed by atoms with E-state index < -0.39 is 0 Å². The Morgan fingerprint density at radius 1 is 0.966 bits per heavy atom. The highest BCUT2D eigenvalue weighted by Crippen LogP contribution is 2.26. The largest absolute Gasteiger partial charge is 0.489 e. The van der Waals surface area contributed by atoms with Gasteiger partial charge >= 0.3 is 0 Å². The third kappa shape index (κ3) is 3.12. The molecule has 0 bridgehead atoms. The zero-order chi connectivity index (χ0) is 19.8. The first-order valence-electron chi connectivity index (χ1n) is 9.39. The standard InChI is InChI=1S/C24H19N3O2/c25-20-14-27(23-9-5-4-8-19(20)23)24(28)22-12-17-10-11-18(13-21(17)26-22)29-15-16-6-2-1-3-7-16/h1-14,26H,15,25H2. The summed E-state index contributed by atoms with van der Waals surface area (Å²) in [5.74, 6) is 0.596. The summed E-state index contributed by atoms with van der Waals surface area (Å²) in [6.07, 6.45) is 1.67. The molecule has 0 amide bonds. The van der Waals surface area contributed by atoms with E-state index in [1.54, 1.807) is 10.8 Å². The van der Waals surface area contributed by atoms with Crippen molar-refractivity contribution in [3.8, 4) is 5.75 Å². The summed E-state index contributed by atoms with van der Waals surface area (Å²) in [5, 5.41) is 1.82. The van der Waals surface area contributed by atoms with Crippen LogP contribution in [0.3, 0.4) is 0 Å². The van der Waals surface area contributed by atoms with Gasteiger partial charge in [-0.3, -0.25) is 9.36 Å². The summed E-state index contributed by atoms with van der Waals surface area (Å²) in [7, 11) is 0. The summed E-state index contributed by atoms with van der Waals surface area (Å²) < 4.78 is 7.47. The van der Waals surface area contributed by atoms with Gasteiger partial charge in [-0.2, -0.15) is 0 Å². The molecule has 142 valence electrons. The smallest absolute Gasteiger partial charge is 0.278 e. The number of anilines is 1. The van der Waals surface area contributed by atoms with Crippen LogP contribution in [0.5, 0.6) is 5.75 Å². The maximum Gasteiger partial charge on any atom is 0.278 e. The van der Waals surface area contributed by atoms with Crippen molar-refractivity contribution in [3.63, 3.8) is 0 Å². The van der Waals surface area contributed by atoms with Crippen LogP contribution >= 0.6 is 0 Å². The van der Waals surface area contributed by atoms with Crippen LogP contribution in [0.4, 0.5) is 5.69 Å². The van der Waals surface area contributed by atoms with Crippen molar-refractivity contribution in [1.82, 2.24) is 9.55 Å². The van der Waals surface area contributed by atoms with Crippen LogP contribution in [0.2, 0.25) is 0 Å². The number of fused-ring (bicyclic) bond motifs is 2. The average molecular weight is 381 g/mol. The van der Waals surface area contributed by atoms with Crippen LogP contribution < -0.4 is 10.5 Å². The molecule has 0 aliphatic carbocycles. The maximum atomic E-state index is 13.1. The molecule has 5 nitrogen and oxygen atoms in total. The predicted molar refractivity (Wildman–Crippen MR) is 115 cm³/mol. The van der Waals surface area contributed by atoms with Gasteiger partial charge in [0.2, 0.25) is 0 Å². The van der Waals surface area contributed by atoms with E-state index in [2.05, 4.69) is 4.98 Å².